The van der Waals surface area contributed by atoms with Crippen LogP contribution in [0, 0.1) is 0 Å². The molecule has 4 aromatic rings. The summed E-state index contributed by atoms with van der Waals surface area (Å²) in [5.74, 6) is 0.440. The Labute approximate surface area is 192 Å². The van der Waals surface area contributed by atoms with Gasteiger partial charge in [-0.15, -0.1) is 0 Å². The van der Waals surface area contributed by atoms with Crippen LogP contribution in [0.2, 0.25) is 10.0 Å². The van der Waals surface area contributed by atoms with E-state index in [-0.39, 0.29) is 18.9 Å². The molecule has 0 radical (unpaired) electrons. The van der Waals surface area contributed by atoms with Gasteiger partial charge >= 0.3 is 0 Å². The average molecular weight is 474 g/mol. The van der Waals surface area contributed by atoms with E-state index < -0.39 is 12.0 Å². The highest BCUT2D eigenvalue weighted by Gasteiger charge is 2.24. The first-order chi connectivity index (χ1) is 15.6. The van der Waals surface area contributed by atoms with Crippen LogP contribution in [-0.4, -0.2) is 53.4 Å². The monoisotopic (exact) mass is 473 g/mol. The van der Waals surface area contributed by atoms with Crippen LogP contribution in [0.15, 0.2) is 49.2 Å². The molecule has 0 spiro atoms. The van der Waals surface area contributed by atoms with Gasteiger partial charge < -0.3 is 15.2 Å². The van der Waals surface area contributed by atoms with E-state index in [4.69, 9.17) is 27.9 Å². The zero-order valence-corrected chi connectivity index (χ0v) is 18.0. The van der Waals surface area contributed by atoms with E-state index in [1.165, 1.54) is 23.4 Å². The summed E-state index contributed by atoms with van der Waals surface area (Å²) >= 11 is 12.1. The summed E-state index contributed by atoms with van der Waals surface area (Å²) in [6.07, 6.45) is 5.48. The summed E-state index contributed by atoms with van der Waals surface area (Å²) in [6, 6.07) is 6.59. The molecule has 2 N–H and O–H groups in total. The fraction of sp³-hybridized carbons (Fsp3) is 0.200. The smallest absolute Gasteiger partial charge is 0.266 e. The van der Waals surface area contributed by atoms with Crippen molar-refractivity contribution < 1.29 is 14.6 Å². The van der Waals surface area contributed by atoms with Gasteiger partial charge in [-0.05, 0) is 37.1 Å². The van der Waals surface area contributed by atoms with Crippen molar-refractivity contribution in [3.63, 3.8) is 0 Å². The van der Waals surface area contributed by atoms with Crippen LogP contribution in [0.5, 0.6) is 5.88 Å². The maximum atomic E-state index is 12.8. The number of carbonyl (C=O) groups excluding carboxylic acids is 1. The minimum atomic E-state index is -0.945. The van der Waals surface area contributed by atoms with E-state index in [1.54, 1.807) is 30.5 Å². The Morgan fingerprint density at radius 2 is 2.03 bits per heavy atom. The molecule has 1 amide bonds. The van der Waals surface area contributed by atoms with E-state index in [0.29, 0.717) is 39.1 Å². The lowest BCUT2D eigenvalue weighted by molar-refractivity contribution is -0.123. The number of fused-ring (bicyclic) bond motifs is 1. The molecule has 0 saturated heterocycles. The minimum absolute atomic E-state index is 0.0956. The van der Waals surface area contributed by atoms with Crippen LogP contribution in [0.25, 0.3) is 16.9 Å². The third kappa shape index (κ3) is 4.77. The number of hydrogen-bond donors (Lipinski definition) is 2. The lowest BCUT2D eigenvalue weighted by Gasteiger charge is -2.18. The van der Waals surface area contributed by atoms with Crippen molar-refractivity contribution in [2.75, 3.05) is 11.9 Å². The Kier molecular flexibility index (Phi) is 6.74. The minimum Gasteiger partial charge on any atom is -0.464 e. The van der Waals surface area contributed by atoms with Crippen molar-refractivity contribution >= 4 is 46.0 Å². The summed E-state index contributed by atoms with van der Waals surface area (Å²) in [6.45, 7) is -0.0956. The fourth-order valence-electron chi connectivity index (χ4n) is 2.92. The van der Waals surface area contributed by atoms with Crippen LogP contribution >= 0.6 is 23.2 Å². The van der Waals surface area contributed by atoms with E-state index in [1.807, 2.05) is 0 Å². The largest absolute Gasteiger partial charge is 0.464 e. The summed E-state index contributed by atoms with van der Waals surface area (Å²) in [5.41, 5.74) is 0.413. The molecule has 0 aliphatic heterocycles. The summed E-state index contributed by atoms with van der Waals surface area (Å²) < 4.78 is 7.40. The third-order valence-electron chi connectivity index (χ3n) is 4.42. The molecule has 4 aromatic heterocycles. The Balaban J connectivity index is 1.62. The van der Waals surface area contributed by atoms with Gasteiger partial charge in [0.05, 0.1) is 16.2 Å². The Morgan fingerprint density at radius 3 is 2.78 bits per heavy atom. The number of halogens is 2. The van der Waals surface area contributed by atoms with Crippen LogP contribution in [0.3, 0.4) is 0 Å². The second kappa shape index (κ2) is 9.86. The molecule has 0 saturated carbocycles. The van der Waals surface area contributed by atoms with Crippen LogP contribution in [-0.2, 0) is 4.79 Å². The average Bonchev–Trinajstić information content (AvgIpc) is 3.23. The molecule has 1 unspecified atom stereocenters. The summed E-state index contributed by atoms with van der Waals surface area (Å²) in [4.78, 5) is 29.6. The first-order valence-corrected chi connectivity index (χ1v) is 10.3. The molecule has 4 heterocycles. The highest BCUT2D eigenvalue weighted by Crippen LogP contribution is 2.26. The molecule has 4 rings (SSSR count). The normalized spacial score (nSPS) is 12.0. The molecular weight excluding hydrogens is 457 g/mol. The van der Waals surface area contributed by atoms with Crippen molar-refractivity contribution in [3.05, 3.63) is 59.2 Å². The maximum Gasteiger partial charge on any atom is 0.266 e. The number of carbonyl (C=O) groups is 1. The van der Waals surface area contributed by atoms with Gasteiger partial charge in [-0.1, -0.05) is 23.2 Å². The van der Waals surface area contributed by atoms with Gasteiger partial charge in [-0.3, -0.25) is 4.79 Å². The maximum absolute atomic E-state index is 12.8. The number of anilines is 1. The van der Waals surface area contributed by atoms with E-state index in [0.717, 1.165) is 0 Å². The van der Waals surface area contributed by atoms with Crippen molar-refractivity contribution in [3.8, 4) is 11.7 Å². The second-order valence-corrected chi connectivity index (χ2v) is 7.45. The zero-order valence-electron chi connectivity index (χ0n) is 16.5. The Morgan fingerprint density at radius 1 is 1.16 bits per heavy atom. The van der Waals surface area contributed by atoms with Gasteiger partial charge in [0.2, 0.25) is 5.88 Å². The van der Waals surface area contributed by atoms with E-state index in [2.05, 4.69) is 30.4 Å². The summed E-state index contributed by atoms with van der Waals surface area (Å²) in [7, 11) is 0. The molecule has 10 nitrogen and oxygen atoms in total. The number of aromatic nitrogens is 6. The van der Waals surface area contributed by atoms with Crippen LogP contribution < -0.4 is 10.1 Å². The molecule has 0 aromatic carbocycles. The van der Waals surface area contributed by atoms with Crippen molar-refractivity contribution in [2.45, 2.75) is 18.9 Å². The Hall–Kier alpha value is -3.34. The van der Waals surface area contributed by atoms with Crippen molar-refractivity contribution in [1.82, 2.24) is 29.7 Å². The molecule has 1 atom stereocenters. The standard InChI is InChI=1S/C20H17Cl2N7O3/c21-12-5-6-16(24-9-12)28-19(31)15(4-2-8-30)32-20-13-10-27-29(17(13)25-11-26-20)18-14(22)3-1-7-23-18/h1,3,5-7,9-11,15,30H,2,4,8H2,(H,24,28,31). The predicted molar refractivity (Wildman–Crippen MR) is 118 cm³/mol. The van der Waals surface area contributed by atoms with Gasteiger partial charge in [0.15, 0.2) is 17.6 Å². The Bertz CT molecular complexity index is 1230. The van der Waals surface area contributed by atoms with Crippen LogP contribution in [0.1, 0.15) is 12.8 Å². The molecule has 0 aliphatic carbocycles. The molecule has 164 valence electrons. The van der Waals surface area contributed by atoms with Crippen LogP contribution in [0.4, 0.5) is 5.82 Å². The van der Waals surface area contributed by atoms with Crippen molar-refractivity contribution in [2.24, 2.45) is 0 Å². The van der Waals surface area contributed by atoms with E-state index >= 15 is 0 Å². The lowest BCUT2D eigenvalue weighted by atomic mass is 10.2. The van der Waals surface area contributed by atoms with Gasteiger partial charge in [-0.2, -0.15) is 9.78 Å². The zero-order chi connectivity index (χ0) is 22.5. The van der Waals surface area contributed by atoms with Gasteiger partial charge in [0.1, 0.15) is 17.5 Å². The highest BCUT2D eigenvalue weighted by molar-refractivity contribution is 6.32. The number of aliphatic hydroxyl groups excluding tert-OH is 1. The second-order valence-electron chi connectivity index (χ2n) is 6.60. The molecule has 32 heavy (non-hydrogen) atoms. The molecular formula is C20H17Cl2N7O3. The number of aliphatic hydroxyl groups is 1. The number of amides is 1. The first kappa shape index (κ1) is 21.9. The fourth-order valence-corrected chi connectivity index (χ4v) is 3.23. The SMILES string of the molecule is O=C(Nc1ccc(Cl)cn1)C(CCCO)Oc1ncnc2c1cnn2-c1ncccc1Cl. The number of pyridine rings is 2. The molecule has 0 fully saturated rings. The van der Waals surface area contributed by atoms with Gasteiger partial charge in [0, 0.05) is 19.0 Å². The third-order valence-corrected chi connectivity index (χ3v) is 4.94. The first-order valence-electron chi connectivity index (χ1n) is 9.56. The molecule has 12 heteroatoms. The predicted octanol–water partition coefficient (Wildman–Crippen LogP) is 3.07. The highest BCUT2D eigenvalue weighted by atomic mass is 35.5. The number of ether oxygens (including phenoxy) is 1. The summed E-state index contributed by atoms with van der Waals surface area (Å²) in [5, 5.41) is 17.5. The molecule has 0 aliphatic rings. The number of rotatable bonds is 8. The molecule has 0 bridgehead atoms. The van der Waals surface area contributed by atoms with Crippen molar-refractivity contribution in [1.29, 1.82) is 0 Å². The number of nitrogens with one attached hydrogen (secondary N) is 1. The number of nitrogens with zero attached hydrogens (tertiary/aromatic N) is 6. The quantitative estimate of drug-likeness (QED) is 0.399. The van der Waals surface area contributed by atoms with Gasteiger partial charge in [-0.25, -0.2) is 19.9 Å². The van der Waals surface area contributed by atoms with E-state index in [9.17, 15) is 9.90 Å². The van der Waals surface area contributed by atoms with Gasteiger partial charge in [0.25, 0.3) is 5.91 Å². The topological polar surface area (TPSA) is 128 Å². The lowest BCUT2D eigenvalue weighted by Crippen LogP contribution is -2.33. The number of hydrogen-bond acceptors (Lipinski definition) is 8.